The molecule has 0 aliphatic rings. The molecule has 0 aliphatic heterocycles. The summed E-state index contributed by atoms with van der Waals surface area (Å²) in [7, 11) is 1.85. The van der Waals surface area contributed by atoms with Crippen LogP contribution in [0.3, 0.4) is 0 Å². The molecule has 7 heteroatoms. The van der Waals surface area contributed by atoms with E-state index in [1.807, 2.05) is 43.7 Å². The van der Waals surface area contributed by atoms with Crippen LogP contribution in [-0.2, 0) is 11.8 Å². The molecule has 0 saturated heterocycles. The lowest BCUT2D eigenvalue weighted by molar-refractivity contribution is -0.115. The summed E-state index contributed by atoms with van der Waals surface area (Å²) in [6.45, 7) is 6.03. The maximum absolute atomic E-state index is 10.8. The van der Waals surface area contributed by atoms with Gasteiger partial charge in [0.25, 0.3) is 0 Å². The number of nitrogens with zero attached hydrogens (tertiary/aromatic N) is 3. The van der Waals surface area contributed by atoms with Crippen molar-refractivity contribution in [3.63, 3.8) is 0 Å². The van der Waals surface area contributed by atoms with E-state index < -0.39 is 0 Å². The lowest BCUT2D eigenvalue weighted by Crippen LogP contribution is -2.14. The quantitative estimate of drug-likeness (QED) is 0.825. The number of rotatable bonds is 6. The van der Waals surface area contributed by atoms with Gasteiger partial charge in [-0.05, 0) is 44.0 Å². The van der Waals surface area contributed by atoms with Gasteiger partial charge in [0.05, 0.1) is 5.75 Å². The van der Waals surface area contributed by atoms with Crippen LogP contribution in [0.1, 0.15) is 30.0 Å². The monoisotopic (exact) mass is 320 g/mol. The summed E-state index contributed by atoms with van der Waals surface area (Å²) in [5.41, 5.74) is 7.55. The van der Waals surface area contributed by atoms with Crippen LogP contribution in [0.15, 0.2) is 23.4 Å². The summed E-state index contributed by atoms with van der Waals surface area (Å²) in [6.07, 6.45) is -0.248. The average Bonchev–Trinajstić information content (AvgIpc) is 2.82. The van der Waals surface area contributed by atoms with Gasteiger partial charge in [-0.15, -0.1) is 10.2 Å². The summed E-state index contributed by atoms with van der Waals surface area (Å²) in [6, 6.07) is 5.98. The first kappa shape index (κ1) is 16.4. The zero-order valence-electron chi connectivity index (χ0n) is 13.2. The Morgan fingerprint density at radius 1 is 1.36 bits per heavy atom. The SMILES string of the molecule is Cc1ccc(OC(C)c2nnc(SCC(N)=O)n2C)cc1C. The van der Waals surface area contributed by atoms with Gasteiger partial charge in [0, 0.05) is 7.05 Å². The second kappa shape index (κ2) is 6.83. The van der Waals surface area contributed by atoms with Crippen LogP contribution in [-0.4, -0.2) is 26.4 Å². The third-order valence-corrected chi connectivity index (χ3v) is 4.41. The molecule has 0 spiro atoms. The van der Waals surface area contributed by atoms with E-state index in [1.165, 1.54) is 22.9 Å². The molecular weight excluding hydrogens is 300 g/mol. The highest BCUT2D eigenvalue weighted by Gasteiger charge is 2.17. The summed E-state index contributed by atoms with van der Waals surface area (Å²) in [5, 5.41) is 8.86. The smallest absolute Gasteiger partial charge is 0.227 e. The third-order valence-electron chi connectivity index (χ3n) is 3.37. The van der Waals surface area contributed by atoms with Crippen molar-refractivity contribution < 1.29 is 9.53 Å². The Morgan fingerprint density at radius 3 is 2.73 bits per heavy atom. The van der Waals surface area contributed by atoms with Gasteiger partial charge in [-0.25, -0.2) is 0 Å². The van der Waals surface area contributed by atoms with Crippen molar-refractivity contribution >= 4 is 17.7 Å². The van der Waals surface area contributed by atoms with Crippen LogP contribution in [0, 0.1) is 13.8 Å². The number of benzene rings is 1. The number of thioether (sulfide) groups is 1. The minimum absolute atomic E-state index is 0.179. The first-order valence-corrected chi connectivity index (χ1v) is 7.91. The number of aromatic nitrogens is 3. The summed E-state index contributed by atoms with van der Waals surface area (Å²) in [4.78, 5) is 10.8. The molecule has 0 fully saturated rings. The number of hydrogen-bond donors (Lipinski definition) is 1. The number of carbonyl (C=O) groups excluding carboxylic acids is 1. The first-order chi connectivity index (χ1) is 10.4. The molecular formula is C15H20N4O2S. The predicted molar refractivity (Wildman–Crippen MR) is 85.9 cm³/mol. The zero-order chi connectivity index (χ0) is 16.3. The van der Waals surface area contributed by atoms with Gasteiger partial charge in [-0.2, -0.15) is 0 Å². The number of hydrogen-bond acceptors (Lipinski definition) is 5. The Kier molecular flexibility index (Phi) is 5.07. The van der Waals surface area contributed by atoms with Crippen molar-refractivity contribution in [2.45, 2.75) is 32.0 Å². The van der Waals surface area contributed by atoms with Gasteiger partial charge in [-0.3, -0.25) is 4.79 Å². The highest BCUT2D eigenvalue weighted by molar-refractivity contribution is 7.99. The Labute approximate surface area is 134 Å². The molecule has 2 rings (SSSR count). The molecule has 0 bridgehead atoms. The Hall–Kier alpha value is -2.02. The largest absolute Gasteiger partial charge is 0.483 e. The van der Waals surface area contributed by atoms with E-state index in [4.69, 9.17) is 10.5 Å². The Bertz CT molecular complexity index is 684. The van der Waals surface area contributed by atoms with Gasteiger partial charge in [0.1, 0.15) is 5.75 Å². The Balaban J connectivity index is 2.10. The maximum atomic E-state index is 10.8. The van der Waals surface area contributed by atoms with Gasteiger partial charge >= 0.3 is 0 Å². The van der Waals surface area contributed by atoms with Gasteiger partial charge in [0.15, 0.2) is 17.1 Å². The number of nitrogens with two attached hydrogens (primary N) is 1. The fourth-order valence-electron chi connectivity index (χ4n) is 1.99. The molecule has 1 aromatic carbocycles. The minimum atomic E-state index is -0.381. The van der Waals surface area contributed by atoms with Crippen molar-refractivity contribution in [1.29, 1.82) is 0 Å². The molecule has 0 radical (unpaired) electrons. The molecule has 1 unspecified atom stereocenters. The number of primary amides is 1. The van der Waals surface area contributed by atoms with Gasteiger partial charge in [0.2, 0.25) is 5.91 Å². The van der Waals surface area contributed by atoms with Crippen molar-refractivity contribution in [3.8, 4) is 5.75 Å². The molecule has 0 aliphatic carbocycles. The van der Waals surface area contributed by atoms with E-state index in [-0.39, 0.29) is 17.8 Å². The molecule has 6 nitrogen and oxygen atoms in total. The van der Waals surface area contributed by atoms with E-state index in [2.05, 4.69) is 17.1 Å². The normalized spacial score (nSPS) is 12.2. The van der Waals surface area contributed by atoms with E-state index >= 15 is 0 Å². The number of aryl methyl sites for hydroxylation is 2. The molecule has 1 heterocycles. The maximum Gasteiger partial charge on any atom is 0.227 e. The molecule has 2 aromatic rings. The molecule has 1 amide bonds. The number of ether oxygens (including phenoxy) is 1. The van der Waals surface area contributed by atoms with Crippen LogP contribution in [0.25, 0.3) is 0 Å². The molecule has 1 atom stereocenters. The van der Waals surface area contributed by atoms with Gasteiger partial charge < -0.3 is 15.0 Å². The van der Waals surface area contributed by atoms with Crippen LogP contribution >= 0.6 is 11.8 Å². The molecule has 2 N–H and O–H groups in total. The van der Waals surface area contributed by atoms with E-state index in [1.54, 1.807) is 0 Å². The fraction of sp³-hybridized carbons (Fsp3) is 0.400. The van der Waals surface area contributed by atoms with Crippen molar-refractivity contribution in [2.24, 2.45) is 12.8 Å². The van der Waals surface area contributed by atoms with Crippen molar-refractivity contribution in [3.05, 3.63) is 35.2 Å². The van der Waals surface area contributed by atoms with E-state index in [0.717, 1.165) is 5.75 Å². The van der Waals surface area contributed by atoms with Crippen LogP contribution < -0.4 is 10.5 Å². The lowest BCUT2D eigenvalue weighted by atomic mass is 10.1. The predicted octanol–water partition coefficient (Wildman–Crippen LogP) is 2.15. The highest BCUT2D eigenvalue weighted by Crippen LogP contribution is 2.24. The molecule has 118 valence electrons. The lowest BCUT2D eigenvalue weighted by Gasteiger charge is -2.15. The molecule has 22 heavy (non-hydrogen) atoms. The van der Waals surface area contributed by atoms with Gasteiger partial charge in [-0.1, -0.05) is 17.8 Å². The number of carbonyl (C=O) groups is 1. The average molecular weight is 320 g/mol. The summed E-state index contributed by atoms with van der Waals surface area (Å²) < 4.78 is 7.75. The Morgan fingerprint density at radius 2 is 2.09 bits per heavy atom. The standard InChI is InChI=1S/C15H20N4O2S/c1-9-5-6-12(7-10(9)2)21-11(3)14-17-18-15(19(14)4)22-8-13(16)20/h5-7,11H,8H2,1-4H3,(H2,16,20). The summed E-state index contributed by atoms with van der Waals surface area (Å²) in [5.74, 6) is 1.29. The summed E-state index contributed by atoms with van der Waals surface area (Å²) >= 11 is 1.26. The second-order valence-electron chi connectivity index (χ2n) is 5.16. The second-order valence-corrected chi connectivity index (χ2v) is 6.10. The third kappa shape index (κ3) is 3.79. The molecule has 1 aromatic heterocycles. The fourth-order valence-corrected chi connectivity index (χ4v) is 2.64. The van der Waals surface area contributed by atoms with Crippen LogP contribution in [0.4, 0.5) is 0 Å². The highest BCUT2D eigenvalue weighted by atomic mass is 32.2. The number of amides is 1. The van der Waals surface area contributed by atoms with E-state index in [9.17, 15) is 4.79 Å². The van der Waals surface area contributed by atoms with Crippen LogP contribution in [0.5, 0.6) is 5.75 Å². The minimum Gasteiger partial charge on any atom is -0.483 e. The topological polar surface area (TPSA) is 83.0 Å². The zero-order valence-corrected chi connectivity index (χ0v) is 14.0. The van der Waals surface area contributed by atoms with E-state index in [0.29, 0.717) is 11.0 Å². The molecule has 0 saturated carbocycles. The van der Waals surface area contributed by atoms with Crippen molar-refractivity contribution in [1.82, 2.24) is 14.8 Å². The van der Waals surface area contributed by atoms with Crippen molar-refractivity contribution in [2.75, 3.05) is 5.75 Å². The first-order valence-electron chi connectivity index (χ1n) is 6.92. The van der Waals surface area contributed by atoms with Crippen LogP contribution in [0.2, 0.25) is 0 Å².